The normalized spacial score (nSPS) is 13.0. The summed E-state index contributed by atoms with van der Waals surface area (Å²) in [5.41, 5.74) is 15.9. The molecule has 3 nitrogen and oxygen atoms in total. The maximum absolute atomic E-state index is 6.60. The molecule has 0 saturated carbocycles. The molecule has 0 saturated heterocycles. The van der Waals surface area contributed by atoms with Gasteiger partial charge in [-0.05, 0) is 104 Å². The van der Waals surface area contributed by atoms with Crippen molar-refractivity contribution in [2.75, 3.05) is 4.90 Å². The zero-order valence-corrected chi connectivity index (χ0v) is 33.6. The summed E-state index contributed by atoms with van der Waals surface area (Å²) < 4.78 is 13.1. The van der Waals surface area contributed by atoms with E-state index in [1.54, 1.807) is 0 Å². The van der Waals surface area contributed by atoms with Crippen molar-refractivity contribution in [2.24, 2.45) is 0 Å². The quantitative estimate of drug-likeness (QED) is 0.168. The number of benzene rings is 10. The molecule has 0 unspecified atom stereocenters. The highest BCUT2D eigenvalue weighted by Gasteiger charge is 2.46. The number of furan rings is 2. The summed E-state index contributed by atoms with van der Waals surface area (Å²) in [4.78, 5) is 2.41. The van der Waals surface area contributed by atoms with E-state index in [2.05, 4.69) is 223 Å². The summed E-state index contributed by atoms with van der Waals surface area (Å²) in [7, 11) is 0. The molecule has 0 radical (unpaired) electrons. The third-order valence-corrected chi connectivity index (χ3v) is 13.1. The van der Waals surface area contributed by atoms with Gasteiger partial charge in [0.05, 0.1) is 16.5 Å². The smallest absolute Gasteiger partial charge is 0.143 e. The van der Waals surface area contributed by atoms with Gasteiger partial charge in [-0.1, -0.05) is 170 Å². The van der Waals surface area contributed by atoms with Crippen LogP contribution in [0.25, 0.3) is 76.9 Å². The molecule has 13 rings (SSSR count). The summed E-state index contributed by atoms with van der Waals surface area (Å²) >= 11 is 0. The molecule has 12 aromatic rings. The Morgan fingerprint density at radius 3 is 1.77 bits per heavy atom. The van der Waals surface area contributed by atoms with Crippen LogP contribution in [0.5, 0.6) is 0 Å². The Bertz CT molecular complexity index is 3650. The lowest BCUT2D eigenvalue weighted by molar-refractivity contribution is 0.669. The second-order valence-corrected chi connectivity index (χ2v) is 16.3. The van der Waals surface area contributed by atoms with Crippen LogP contribution in [0.1, 0.15) is 22.3 Å². The molecule has 0 amide bonds. The second-order valence-electron chi connectivity index (χ2n) is 16.3. The van der Waals surface area contributed by atoms with Crippen LogP contribution in [0.2, 0.25) is 0 Å². The number of hydrogen-bond acceptors (Lipinski definition) is 3. The van der Waals surface area contributed by atoms with E-state index in [0.29, 0.717) is 0 Å². The van der Waals surface area contributed by atoms with Crippen molar-refractivity contribution in [1.82, 2.24) is 0 Å². The van der Waals surface area contributed by atoms with Gasteiger partial charge in [-0.15, -0.1) is 0 Å². The van der Waals surface area contributed by atoms with E-state index < -0.39 is 5.41 Å². The molecule has 2 heterocycles. The molecule has 290 valence electrons. The lowest BCUT2D eigenvalue weighted by atomic mass is 9.67. The van der Waals surface area contributed by atoms with Crippen LogP contribution in [0, 0.1) is 0 Å². The van der Waals surface area contributed by atoms with E-state index in [1.807, 2.05) is 6.07 Å². The molecule has 0 bridgehead atoms. The third kappa shape index (κ3) is 4.94. The molecule has 0 fully saturated rings. The predicted molar refractivity (Wildman–Crippen MR) is 256 cm³/mol. The van der Waals surface area contributed by atoms with Gasteiger partial charge in [0, 0.05) is 32.9 Å². The maximum Gasteiger partial charge on any atom is 0.143 e. The first kappa shape index (κ1) is 34.7. The van der Waals surface area contributed by atoms with E-state index in [0.717, 1.165) is 77.5 Å². The van der Waals surface area contributed by atoms with Crippen LogP contribution >= 0.6 is 0 Å². The van der Waals surface area contributed by atoms with Crippen molar-refractivity contribution >= 4 is 71.7 Å². The third-order valence-electron chi connectivity index (χ3n) is 13.1. The molecular weight excluding hydrogens is 755 g/mol. The summed E-state index contributed by atoms with van der Waals surface area (Å²) in [5.74, 6) is 0. The topological polar surface area (TPSA) is 29.5 Å². The fraction of sp³-hybridized carbons (Fsp3) is 0.0169. The number of para-hydroxylation sites is 1. The van der Waals surface area contributed by atoms with Gasteiger partial charge >= 0.3 is 0 Å². The minimum atomic E-state index is -0.536. The molecule has 1 aliphatic carbocycles. The summed E-state index contributed by atoms with van der Waals surface area (Å²) in [6.07, 6.45) is 0. The molecular formula is C59H37NO2. The van der Waals surface area contributed by atoms with Crippen LogP contribution in [0.3, 0.4) is 0 Å². The molecule has 2 aromatic heterocycles. The number of anilines is 3. The van der Waals surface area contributed by atoms with E-state index >= 15 is 0 Å². The summed E-state index contributed by atoms with van der Waals surface area (Å²) in [6, 6.07) is 81.1. The largest absolute Gasteiger partial charge is 0.456 e. The SMILES string of the molecule is c1ccc(C2(c3ccccc3)c3ccccc3-c3ccc(N(c4ccc(-c5cccc6oc7c8ccccc8ccc7c56)cc4)c4cccc5oc6ccccc6c45)cc32)cc1. The first-order valence-corrected chi connectivity index (χ1v) is 21.2. The van der Waals surface area contributed by atoms with E-state index in [1.165, 1.54) is 38.8 Å². The molecule has 0 spiro atoms. The molecule has 1 aliphatic rings. The minimum Gasteiger partial charge on any atom is -0.456 e. The zero-order valence-electron chi connectivity index (χ0n) is 33.6. The molecule has 0 atom stereocenters. The average molecular weight is 792 g/mol. The standard InChI is InChI=1S/C59H37NO2/c1-3-16-40(17-4-1)59(41-18-5-2-6-19-41)50-24-11-9-21-46(50)47-36-34-43(37-51(47)59)60(52-25-14-28-55-57(52)48-22-10-12-26-53(48)61-55)42-32-29-39(30-33-42)44-23-13-27-54-56(44)49-35-31-38-15-7-8-20-45(38)58(49)62-54/h1-37H. The van der Waals surface area contributed by atoms with Gasteiger partial charge in [-0.25, -0.2) is 0 Å². The maximum atomic E-state index is 6.60. The van der Waals surface area contributed by atoms with Crippen molar-refractivity contribution in [2.45, 2.75) is 5.41 Å². The van der Waals surface area contributed by atoms with E-state index in [9.17, 15) is 0 Å². The van der Waals surface area contributed by atoms with Gasteiger partial charge in [-0.3, -0.25) is 0 Å². The Morgan fingerprint density at radius 2 is 0.968 bits per heavy atom. The number of nitrogens with zero attached hydrogens (tertiary/aromatic N) is 1. The highest BCUT2D eigenvalue weighted by atomic mass is 16.3. The summed E-state index contributed by atoms with van der Waals surface area (Å²) in [5, 5.41) is 6.71. The average Bonchev–Trinajstić information content (AvgIpc) is 4.01. The molecule has 10 aromatic carbocycles. The molecule has 0 N–H and O–H groups in total. The Labute approximate surface area is 358 Å². The minimum absolute atomic E-state index is 0.536. The number of rotatable bonds is 6. The fourth-order valence-electron chi connectivity index (χ4n) is 10.5. The molecule has 0 aliphatic heterocycles. The van der Waals surface area contributed by atoms with Crippen LogP contribution in [0.15, 0.2) is 233 Å². The van der Waals surface area contributed by atoms with Gasteiger partial charge in [0.15, 0.2) is 0 Å². The highest BCUT2D eigenvalue weighted by Crippen LogP contribution is 2.57. The predicted octanol–water partition coefficient (Wildman–Crippen LogP) is 16.1. The van der Waals surface area contributed by atoms with Gasteiger partial charge in [0.1, 0.15) is 22.3 Å². The van der Waals surface area contributed by atoms with Crippen LogP contribution in [-0.2, 0) is 5.41 Å². The molecule has 3 heteroatoms. The lowest BCUT2D eigenvalue weighted by Crippen LogP contribution is -2.28. The second kappa shape index (κ2) is 13.4. The van der Waals surface area contributed by atoms with E-state index in [4.69, 9.17) is 8.83 Å². The Morgan fingerprint density at radius 1 is 0.355 bits per heavy atom. The first-order chi connectivity index (χ1) is 30.8. The van der Waals surface area contributed by atoms with Crippen LogP contribution in [-0.4, -0.2) is 0 Å². The fourth-order valence-corrected chi connectivity index (χ4v) is 10.5. The van der Waals surface area contributed by atoms with Crippen molar-refractivity contribution in [3.63, 3.8) is 0 Å². The summed E-state index contributed by atoms with van der Waals surface area (Å²) in [6.45, 7) is 0. The van der Waals surface area contributed by atoms with Gasteiger partial charge < -0.3 is 13.7 Å². The zero-order chi connectivity index (χ0) is 40.8. The van der Waals surface area contributed by atoms with E-state index in [-0.39, 0.29) is 0 Å². The first-order valence-electron chi connectivity index (χ1n) is 21.2. The molecule has 62 heavy (non-hydrogen) atoms. The highest BCUT2D eigenvalue weighted by molar-refractivity contribution is 6.19. The number of fused-ring (bicyclic) bond motifs is 11. The van der Waals surface area contributed by atoms with Crippen molar-refractivity contribution in [3.8, 4) is 22.3 Å². The van der Waals surface area contributed by atoms with Crippen molar-refractivity contribution in [3.05, 3.63) is 247 Å². The van der Waals surface area contributed by atoms with Gasteiger partial charge in [0.2, 0.25) is 0 Å². The Hall–Kier alpha value is -8.14. The van der Waals surface area contributed by atoms with Crippen LogP contribution < -0.4 is 4.90 Å². The van der Waals surface area contributed by atoms with Crippen molar-refractivity contribution in [1.29, 1.82) is 0 Å². The van der Waals surface area contributed by atoms with Crippen molar-refractivity contribution < 1.29 is 8.83 Å². The lowest BCUT2D eigenvalue weighted by Gasteiger charge is -2.35. The van der Waals surface area contributed by atoms with Gasteiger partial charge in [0.25, 0.3) is 0 Å². The Balaban J connectivity index is 1.04. The monoisotopic (exact) mass is 791 g/mol. The van der Waals surface area contributed by atoms with Crippen LogP contribution in [0.4, 0.5) is 17.1 Å². The Kier molecular flexibility index (Phi) is 7.52. The van der Waals surface area contributed by atoms with Gasteiger partial charge in [-0.2, -0.15) is 0 Å². The number of hydrogen-bond donors (Lipinski definition) is 0.